The molecule has 0 aliphatic heterocycles. The number of hydrogen-bond acceptors (Lipinski definition) is 3. The van der Waals surface area contributed by atoms with Gasteiger partial charge in [0.05, 0.1) is 6.26 Å². The van der Waals surface area contributed by atoms with E-state index < -0.39 is 10.0 Å². The minimum absolute atomic E-state index is 0.136. The van der Waals surface area contributed by atoms with Gasteiger partial charge in [-0.15, -0.1) is 0 Å². The largest absolute Gasteiger partial charge is 0.355 e. The molecular weight excluding hydrogens is 264 g/mol. The second kappa shape index (κ2) is 7.65. The van der Waals surface area contributed by atoms with E-state index in [1.54, 1.807) is 0 Å². The molecule has 6 heteroatoms. The summed E-state index contributed by atoms with van der Waals surface area (Å²) >= 11 is 0. The highest BCUT2D eigenvalue weighted by Crippen LogP contribution is 2.20. The van der Waals surface area contributed by atoms with Crippen LogP contribution in [0.15, 0.2) is 11.6 Å². The lowest BCUT2D eigenvalue weighted by Gasteiger charge is -2.21. The number of amides is 1. The quantitative estimate of drug-likeness (QED) is 0.718. The van der Waals surface area contributed by atoms with Gasteiger partial charge in [-0.2, -0.15) is 0 Å². The summed E-state index contributed by atoms with van der Waals surface area (Å²) < 4.78 is 24.8. The van der Waals surface area contributed by atoms with Gasteiger partial charge in [0.1, 0.15) is 0 Å². The van der Waals surface area contributed by atoms with Crippen molar-refractivity contribution in [3.8, 4) is 0 Å². The fourth-order valence-electron chi connectivity index (χ4n) is 2.20. The molecule has 0 aromatic rings. The lowest BCUT2D eigenvalue weighted by molar-refractivity contribution is -0.118. The minimum Gasteiger partial charge on any atom is -0.355 e. The van der Waals surface area contributed by atoms with Crippen LogP contribution in [-0.2, 0) is 14.8 Å². The number of nitrogens with one attached hydrogen (secondary N) is 1. The van der Waals surface area contributed by atoms with Crippen molar-refractivity contribution < 1.29 is 13.2 Å². The summed E-state index contributed by atoms with van der Waals surface area (Å²) in [4.78, 5) is 10.8. The van der Waals surface area contributed by atoms with Crippen molar-refractivity contribution in [2.45, 2.75) is 39.0 Å². The van der Waals surface area contributed by atoms with Gasteiger partial charge in [0.15, 0.2) is 0 Å². The van der Waals surface area contributed by atoms with Crippen molar-refractivity contribution in [1.82, 2.24) is 9.62 Å². The van der Waals surface area contributed by atoms with E-state index in [2.05, 4.69) is 11.4 Å². The Balaban J connectivity index is 2.45. The summed E-state index contributed by atoms with van der Waals surface area (Å²) in [6.07, 6.45) is 8.89. The Hall–Kier alpha value is -0.880. The second-order valence-corrected chi connectivity index (χ2v) is 6.99. The van der Waals surface area contributed by atoms with E-state index in [4.69, 9.17) is 0 Å². The SMILES string of the molecule is CC(=O)NCCN(CCC1=CCCCC1)S(C)(=O)=O. The van der Waals surface area contributed by atoms with Gasteiger partial charge in [0.2, 0.25) is 15.9 Å². The molecule has 0 saturated heterocycles. The molecule has 0 saturated carbocycles. The highest BCUT2D eigenvalue weighted by atomic mass is 32.2. The molecule has 110 valence electrons. The van der Waals surface area contributed by atoms with Gasteiger partial charge in [-0.1, -0.05) is 11.6 Å². The molecule has 1 N–H and O–H groups in total. The molecule has 1 amide bonds. The summed E-state index contributed by atoms with van der Waals surface area (Å²) in [5.41, 5.74) is 1.36. The molecule has 1 aliphatic rings. The number of rotatable bonds is 7. The molecule has 0 radical (unpaired) electrons. The van der Waals surface area contributed by atoms with E-state index in [0.29, 0.717) is 19.6 Å². The summed E-state index contributed by atoms with van der Waals surface area (Å²) in [6, 6.07) is 0. The highest BCUT2D eigenvalue weighted by Gasteiger charge is 2.17. The van der Waals surface area contributed by atoms with E-state index in [1.807, 2.05) is 0 Å². The number of hydrogen-bond donors (Lipinski definition) is 1. The first kappa shape index (κ1) is 16.2. The van der Waals surface area contributed by atoms with Gasteiger partial charge in [-0.05, 0) is 32.1 Å². The van der Waals surface area contributed by atoms with Gasteiger partial charge < -0.3 is 5.32 Å². The summed E-state index contributed by atoms with van der Waals surface area (Å²) in [7, 11) is -3.21. The van der Waals surface area contributed by atoms with E-state index in [-0.39, 0.29) is 5.91 Å². The second-order valence-electron chi connectivity index (χ2n) is 5.00. The molecule has 0 aromatic carbocycles. The van der Waals surface area contributed by atoms with Crippen LogP contribution < -0.4 is 5.32 Å². The van der Waals surface area contributed by atoms with Gasteiger partial charge in [0.25, 0.3) is 0 Å². The molecule has 0 heterocycles. The molecule has 5 nitrogen and oxygen atoms in total. The zero-order valence-corrected chi connectivity index (χ0v) is 12.6. The summed E-state index contributed by atoms with van der Waals surface area (Å²) in [6.45, 7) is 2.63. The van der Waals surface area contributed by atoms with Gasteiger partial charge >= 0.3 is 0 Å². The Labute approximate surface area is 116 Å². The number of nitrogens with zero attached hydrogens (tertiary/aromatic N) is 1. The predicted molar refractivity (Wildman–Crippen MR) is 76.3 cm³/mol. The third-order valence-electron chi connectivity index (χ3n) is 3.27. The maximum absolute atomic E-state index is 11.7. The normalized spacial score (nSPS) is 16.3. The Kier molecular flexibility index (Phi) is 6.51. The van der Waals surface area contributed by atoms with Crippen LogP contribution in [0.25, 0.3) is 0 Å². The van der Waals surface area contributed by atoms with Crippen LogP contribution in [0, 0.1) is 0 Å². The van der Waals surface area contributed by atoms with Crippen LogP contribution >= 0.6 is 0 Å². The van der Waals surface area contributed by atoms with Gasteiger partial charge in [0, 0.05) is 26.6 Å². The fraction of sp³-hybridized carbons (Fsp3) is 0.769. The zero-order chi connectivity index (χ0) is 14.3. The topological polar surface area (TPSA) is 66.5 Å². The van der Waals surface area contributed by atoms with Crippen LogP contribution in [0.4, 0.5) is 0 Å². The average molecular weight is 288 g/mol. The molecule has 0 fully saturated rings. The maximum Gasteiger partial charge on any atom is 0.216 e. The van der Waals surface area contributed by atoms with Crippen LogP contribution in [-0.4, -0.2) is 44.5 Å². The molecule has 1 aliphatic carbocycles. The lowest BCUT2D eigenvalue weighted by atomic mass is 9.97. The zero-order valence-electron chi connectivity index (χ0n) is 11.8. The molecule has 0 bridgehead atoms. The average Bonchev–Trinajstić information content (AvgIpc) is 2.33. The number of sulfonamides is 1. The molecular formula is C13H24N2O3S. The van der Waals surface area contributed by atoms with Crippen LogP contribution in [0.2, 0.25) is 0 Å². The third kappa shape index (κ3) is 6.73. The van der Waals surface area contributed by atoms with Crippen LogP contribution in [0.3, 0.4) is 0 Å². The van der Waals surface area contributed by atoms with Crippen molar-refractivity contribution >= 4 is 15.9 Å². The summed E-state index contributed by atoms with van der Waals surface area (Å²) in [5, 5.41) is 2.63. The monoisotopic (exact) mass is 288 g/mol. The van der Waals surface area contributed by atoms with E-state index >= 15 is 0 Å². The molecule has 0 unspecified atom stereocenters. The maximum atomic E-state index is 11.7. The summed E-state index contributed by atoms with van der Waals surface area (Å²) in [5.74, 6) is -0.136. The number of carbonyl (C=O) groups is 1. The highest BCUT2D eigenvalue weighted by molar-refractivity contribution is 7.88. The van der Waals surface area contributed by atoms with Crippen molar-refractivity contribution in [2.75, 3.05) is 25.9 Å². The van der Waals surface area contributed by atoms with Crippen LogP contribution in [0.5, 0.6) is 0 Å². The first-order chi connectivity index (χ1) is 8.89. The molecule has 19 heavy (non-hydrogen) atoms. The fourth-order valence-corrected chi connectivity index (χ4v) is 3.05. The number of carbonyl (C=O) groups excluding carboxylic acids is 1. The number of allylic oxidation sites excluding steroid dienone is 1. The Bertz CT molecular complexity index is 429. The van der Waals surface area contributed by atoms with Gasteiger partial charge in [-0.3, -0.25) is 4.79 Å². The molecule has 1 rings (SSSR count). The van der Waals surface area contributed by atoms with Gasteiger partial charge in [-0.25, -0.2) is 12.7 Å². The minimum atomic E-state index is -3.21. The lowest BCUT2D eigenvalue weighted by Crippen LogP contribution is -2.38. The van der Waals surface area contributed by atoms with E-state index in [1.165, 1.54) is 35.9 Å². The Morgan fingerprint density at radius 2 is 2.11 bits per heavy atom. The standard InChI is InChI=1S/C13H24N2O3S/c1-12(16)14-9-11-15(19(2,17)18)10-8-13-6-4-3-5-7-13/h6H,3-5,7-11H2,1-2H3,(H,14,16). The Morgan fingerprint density at radius 3 is 2.63 bits per heavy atom. The van der Waals surface area contributed by atoms with Crippen molar-refractivity contribution in [3.05, 3.63) is 11.6 Å². The molecule has 0 spiro atoms. The molecule has 0 atom stereocenters. The van der Waals surface area contributed by atoms with E-state index in [0.717, 1.165) is 19.3 Å². The first-order valence-electron chi connectivity index (χ1n) is 6.77. The first-order valence-corrected chi connectivity index (χ1v) is 8.62. The Morgan fingerprint density at radius 1 is 1.37 bits per heavy atom. The third-order valence-corrected chi connectivity index (χ3v) is 4.57. The van der Waals surface area contributed by atoms with Crippen molar-refractivity contribution in [2.24, 2.45) is 0 Å². The van der Waals surface area contributed by atoms with Crippen LogP contribution in [0.1, 0.15) is 39.0 Å². The van der Waals surface area contributed by atoms with E-state index in [9.17, 15) is 13.2 Å². The predicted octanol–water partition coefficient (Wildman–Crippen LogP) is 1.27. The smallest absolute Gasteiger partial charge is 0.216 e. The molecule has 0 aromatic heterocycles. The van der Waals surface area contributed by atoms with Crippen molar-refractivity contribution in [1.29, 1.82) is 0 Å². The van der Waals surface area contributed by atoms with Crippen molar-refractivity contribution in [3.63, 3.8) is 0 Å².